The number of hydrogen-bond donors (Lipinski definition) is 0. The summed E-state index contributed by atoms with van der Waals surface area (Å²) in [7, 11) is 0. The molecule has 1 atom stereocenters. The molecule has 2 aliphatic rings. The van der Waals surface area contributed by atoms with Crippen molar-refractivity contribution in [1.82, 2.24) is 15.0 Å². The highest BCUT2D eigenvalue weighted by molar-refractivity contribution is 5.79. The minimum atomic E-state index is 0.136. The van der Waals surface area contributed by atoms with E-state index in [0.717, 1.165) is 51.0 Å². The summed E-state index contributed by atoms with van der Waals surface area (Å²) in [5.41, 5.74) is 0.926. The van der Waals surface area contributed by atoms with E-state index in [1.807, 2.05) is 30.3 Å². The molecule has 1 unspecified atom stereocenters. The number of benzene rings is 1. The Morgan fingerprint density at radius 3 is 2.62 bits per heavy atom. The molecule has 138 valence electrons. The van der Waals surface area contributed by atoms with Crippen molar-refractivity contribution in [2.24, 2.45) is 11.8 Å². The summed E-state index contributed by atoms with van der Waals surface area (Å²) in [6.45, 7) is 5.68. The monoisotopic (exact) mass is 354 g/mol. The topological polar surface area (TPSA) is 62.5 Å². The molecule has 0 radical (unpaired) electrons. The molecule has 0 N–H and O–H groups in total. The molecule has 3 heterocycles. The van der Waals surface area contributed by atoms with E-state index in [1.54, 1.807) is 0 Å². The molecular weight excluding hydrogens is 328 g/mol. The van der Waals surface area contributed by atoms with Gasteiger partial charge in [-0.1, -0.05) is 25.1 Å². The van der Waals surface area contributed by atoms with Crippen LogP contribution in [0.2, 0.25) is 0 Å². The number of piperidine rings is 2. The van der Waals surface area contributed by atoms with Gasteiger partial charge in [0.25, 0.3) is 11.8 Å². The number of aromatic nitrogens is 2. The molecule has 0 aliphatic carbocycles. The Hall–Kier alpha value is -2.37. The first-order chi connectivity index (χ1) is 12.7. The molecule has 4 rings (SSSR count). The van der Waals surface area contributed by atoms with Crippen molar-refractivity contribution in [3.05, 3.63) is 30.3 Å². The van der Waals surface area contributed by atoms with Gasteiger partial charge in [-0.15, -0.1) is 0 Å². The smallest absolute Gasteiger partial charge is 0.266 e. The number of anilines is 1. The first kappa shape index (κ1) is 17.1. The maximum Gasteiger partial charge on any atom is 0.266 e. The van der Waals surface area contributed by atoms with E-state index in [2.05, 4.69) is 26.9 Å². The normalized spacial score (nSPS) is 21.8. The van der Waals surface area contributed by atoms with Crippen LogP contribution >= 0.6 is 0 Å². The molecule has 0 saturated carbocycles. The van der Waals surface area contributed by atoms with Gasteiger partial charge < -0.3 is 14.3 Å². The van der Waals surface area contributed by atoms with Crippen molar-refractivity contribution in [2.45, 2.75) is 32.6 Å². The van der Waals surface area contributed by atoms with Crippen LogP contribution in [0, 0.1) is 11.8 Å². The summed E-state index contributed by atoms with van der Waals surface area (Å²) < 4.78 is 5.41. The van der Waals surface area contributed by atoms with E-state index >= 15 is 0 Å². The second-order valence-electron chi connectivity index (χ2n) is 7.56. The average Bonchev–Trinajstić information content (AvgIpc) is 3.18. The van der Waals surface area contributed by atoms with Crippen LogP contribution in [0.4, 0.5) is 5.95 Å². The minimum absolute atomic E-state index is 0.136. The summed E-state index contributed by atoms with van der Waals surface area (Å²) in [6.07, 6.45) is 4.10. The molecule has 2 aliphatic heterocycles. The van der Waals surface area contributed by atoms with Crippen molar-refractivity contribution in [3.8, 4) is 11.5 Å². The van der Waals surface area contributed by atoms with E-state index < -0.39 is 0 Å². The molecule has 0 bridgehead atoms. The number of carbonyl (C=O) groups excluding carboxylic acids is 1. The summed E-state index contributed by atoms with van der Waals surface area (Å²) in [5, 5.41) is 4.13. The Labute approximate surface area is 154 Å². The first-order valence-corrected chi connectivity index (χ1v) is 9.63. The second kappa shape index (κ2) is 7.48. The summed E-state index contributed by atoms with van der Waals surface area (Å²) >= 11 is 0. The van der Waals surface area contributed by atoms with E-state index in [0.29, 0.717) is 23.7 Å². The number of rotatable bonds is 3. The number of likely N-dealkylation sites (tertiary alicyclic amines) is 1. The highest BCUT2D eigenvalue weighted by Crippen LogP contribution is 2.26. The van der Waals surface area contributed by atoms with Gasteiger partial charge in [-0.05, 0) is 48.9 Å². The molecule has 1 amide bonds. The van der Waals surface area contributed by atoms with Gasteiger partial charge in [-0.2, -0.15) is 4.98 Å². The van der Waals surface area contributed by atoms with Crippen LogP contribution in [0.1, 0.15) is 32.6 Å². The van der Waals surface area contributed by atoms with Crippen LogP contribution in [0.25, 0.3) is 11.5 Å². The van der Waals surface area contributed by atoms with Crippen molar-refractivity contribution in [2.75, 3.05) is 31.1 Å². The SMILES string of the molecule is CC1CCCN(C(=O)C2CCN(c3noc(-c4ccccc4)n3)CC2)C1. The lowest BCUT2D eigenvalue weighted by molar-refractivity contribution is -0.137. The molecule has 2 aromatic rings. The predicted molar refractivity (Wildman–Crippen MR) is 99.6 cm³/mol. The average molecular weight is 354 g/mol. The molecule has 1 aromatic heterocycles. The number of carbonyl (C=O) groups is 1. The molecule has 2 saturated heterocycles. The Bertz CT molecular complexity index is 737. The van der Waals surface area contributed by atoms with Crippen molar-refractivity contribution >= 4 is 11.9 Å². The number of hydrogen-bond acceptors (Lipinski definition) is 5. The molecule has 1 aromatic carbocycles. The van der Waals surface area contributed by atoms with E-state index in [9.17, 15) is 4.79 Å². The molecule has 6 nitrogen and oxygen atoms in total. The fourth-order valence-electron chi connectivity index (χ4n) is 4.02. The number of nitrogens with zero attached hydrogens (tertiary/aromatic N) is 4. The Morgan fingerprint density at radius 2 is 1.88 bits per heavy atom. The highest BCUT2D eigenvalue weighted by atomic mass is 16.5. The maximum absolute atomic E-state index is 12.8. The minimum Gasteiger partial charge on any atom is -0.342 e. The van der Waals surface area contributed by atoms with Crippen LogP contribution in [0.15, 0.2) is 34.9 Å². The summed E-state index contributed by atoms with van der Waals surface area (Å²) in [4.78, 5) is 21.5. The third-order valence-corrected chi connectivity index (χ3v) is 5.53. The summed E-state index contributed by atoms with van der Waals surface area (Å²) in [5.74, 6) is 2.28. The van der Waals surface area contributed by atoms with Crippen molar-refractivity contribution in [1.29, 1.82) is 0 Å². The first-order valence-electron chi connectivity index (χ1n) is 9.63. The highest BCUT2D eigenvalue weighted by Gasteiger charge is 2.31. The fourth-order valence-corrected chi connectivity index (χ4v) is 4.02. The molecule has 26 heavy (non-hydrogen) atoms. The van der Waals surface area contributed by atoms with Gasteiger partial charge in [0.05, 0.1) is 0 Å². The Morgan fingerprint density at radius 1 is 1.12 bits per heavy atom. The molecule has 6 heteroatoms. The molecular formula is C20H26N4O2. The van der Waals surface area contributed by atoms with Crippen LogP contribution in [0.5, 0.6) is 0 Å². The van der Waals surface area contributed by atoms with Crippen LogP contribution < -0.4 is 4.90 Å². The second-order valence-corrected chi connectivity index (χ2v) is 7.56. The van der Waals surface area contributed by atoms with Gasteiger partial charge in [0.1, 0.15) is 0 Å². The van der Waals surface area contributed by atoms with Crippen LogP contribution in [-0.4, -0.2) is 47.1 Å². The van der Waals surface area contributed by atoms with Crippen LogP contribution in [0.3, 0.4) is 0 Å². The third-order valence-electron chi connectivity index (χ3n) is 5.53. The third kappa shape index (κ3) is 3.59. The zero-order chi connectivity index (χ0) is 17.9. The van der Waals surface area contributed by atoms with Gasteiger partial charge >= 0.3 is 0 Å². The van der Waals surface area contributed by atoms with Gasteiger partial charge in [0.2, 0.25) is 5.91 Å². The van der Waals surface area contributed by atoms with Crippen LogP contribution in [-0.2, 0) is 4.79 Å². The van der Waals surface area contributed by atoms with Gasteiger partial charge in [-0.3, -0.25) is 4.79 Å². The summed E-state index contributed by atoms with van der Waals surface area (Å²) in [6, 6.07) is 9.80. The lowest BCUT2D eigenvalue weighted by atomic mass is 9.93. The fraction of sp³-hybridized carbons (Fsp3) is 0.550. The van der Waals surface area contributed by atoms with E-state index in [4.69, 9.17) is 4.52 Å². The quantitative estimate of drug-likeness (QED) is 0.847. The van der Waals surface area contributed by atoms with Crippen molar-refractivity contribution in [3.63, 3.8) is 0 Å². The maximum atomic E-state index is 12.8. The predicted octanol–water partition coefficient (Wildman–Crippen LogP) is 3.21. The Balaban J connectivity index is 1.35. The zero-order valence-electron chi connectivity index (χ0n) is 15.3. The van der Waals surface area contributed by atoms with E-state index in [-0.39, 0.29) is 5.92 Å². The lowest BCUT2D eigenvalue weighted by Crippen LogP contribution is -2.46. The number of amides is 1. The molecule has 0 spiro atoms. The zero-order valence-corrected chi connectivity index (χ0v) is 15.3. The van der Waals surface area contributed by atoms with E-state index in [1.165, 1.54) is 6.42 Å². The van der Waals surface area contributed by atoms with Gasteiger partial charge in [-0.25, -0.2) is 0 Å². The lowest BCUT2D eigenvalue weighted by Gasteiger charge is -2.36. The largest absolute Gasteiger partial charge is 0.342 e. The Kier molecular flexibility index (Phi) is 4.91. The van der Waals surface area contributed by atoms with Gasteiger partial charge in [0, 0.05) is 37.7 Å². The molecule has 2 fully saturated rings. The standard InChI is InChI=1S/C20H26N4O2/c1-15-6-5-11-24(14-15)19(25)17-9-12-23(13-10-17)20-21-18(26-22-20)16-7-3-2-4-8-16/h2-4,7-8,15,17H,5-6,9-14H2,1H3. The van der Waals surface area contributed by atoms with Crippen molar-refractivity contribution < 1.29 is 9.32 Å². The van der Waals surface area contributed by atoms with Gasteiger partial charge in [0.15, 0.2) is 0 Å².